The quantitative estimate of drug-likeness (QED) is 0.779. The maximum absolute atomic E-state index is 12.2. The average molecular weight is 227 g/mol. The molecule has 15 heavy (non-hydrogen) atoms. The molecule has 0 aliphatic heterocycles. The predicted octanol–water partition coefficient (Wildman–Crippen LogP) is 2.28. The second-order valence-corrected chi connectivity index (χ2v) is 4.96. The lowest BCUT2D eigenvalue weighted by molar-refractivity contribution is -0.148. The Morgan fingerprint density at radius 1 is 1.07 bits per heavy atom. The standard InChI is InChI=1S/C10H20F3NO/c1-9(2,3)7-14(5-4-6-15)8-10(11,12)13/h15H,4-8H2,1-3H3. The largest absolute Gasteiger partial charge is 0.401 e. The van der Waals surface area contributed by atoms with Crippen molar-refractivity contribution in [3.05, 3.63) is 0 Å². The van der Waals surface area contributed by atoms with E-state index in [9.17, 15) is 13.2 Å². The van der Waals surface area contributed by atoms with Gasteiger partial charge in [0.15, 0.2) is 0 Å². The van der Waals surface area contributed by atoms with Gasteiger partial charge in [-0.3, -0.25) is 4.90 Å². The molecule has 0 spiro atoms. The number of hydrogen-bond donors (Lipinski definition) is 1. The van der Waals surface area contributed by atoms with Gasteiger partial charge in [0.25, 0.3) is 0 Å². The Balaban J connectivity index is 4.19. The van der Waals surface area contributed by atoms with Gasteiger partial charge < -0.3 is 5.11 Å². The lowest BCUT2D eigenvalue weighted by atomic mass is 9.96. The lowest BCUT2D eigenvalue weighted by Crippen LogP contribution is -2.40. The van der Waals surface area contributed by atoms with Crippen LogP contribution in [0.1, 0.15) is 27.2 Å². The van der Waals surface area contributed by atoms with E-state index < -0.39 is 12.7 Å². The van der Waals surface area contributed by atoms with Crippen LogP contribution in [0.3, 0.4) is 0 Å². The zero-order chi connectivity index (χ0) is 12.1. The van der Waals surface area contributed by atoms with E-state index in [0.717, 1.165) is 0 Å². The van der Waals surface area contributed by atoms with Gasteiger partial charge in [0.1, 0.15) is 0 Å². The average Bonchev–Trinajstić information content (AvgIpc) is 1.94. The number of hydrogen-bond acceptors (Lipinski definition) is 2. The van der Waals surface area contributed by atoms with E-state index in [1.165, 1.54) is 4.90 Å². The molecule has 2 nitrogen and oxygen atoms in total. The Bertz CT molecular complexity index is 158. The molecule has 5 heteroatoms. The maximum Gasteiger partial charge on any atom is 0.401 e. The number of aliphatic hydroxyl groups excluding tert-OH is 1. The fraction of sp³-hybridized carbons (Fsp3) is 1.00. The number of rotatable bonds is 5. The molecule has 0 aromatic rings. The normalized spacial score (nSPS) is 13.6. The Morgan fingerprint density at radius 3 is 1.93 bits per heavy atom. The number of aliphatic hydroxyl groups is 1. The minimum Gasteiger partial charge on any atom is -0.396 e. The predicted molar refractivity (Wildman–Crippen MR) is 53.7 cm³/mol. The fourth-order valence-electron chi connectivity index (χ4n) is 1.43. The summed E-state index contributed by atoms with van der Waals surface area (Å²) in [6, 6.07) is 0. The van der Waals surface area contributed by atoms with Gasteiger partial charge in [-0.05, 0) is 11.8 Å². The maximum atomic E-state index is 12.2. The molecule has 0 radical (unpaired) electrons. The molecule has 0 bridgehead atoms. The molecule has 0 aliphatic carbocycles. The number of halogens is 3. The molecule has 0 heterocycles. The van der Waals surface area contributed by atoms with Gasteiger partial charge in [0.2, 0.25) is 0 Å². The van der Waals surface area contributed by atoms with E-state index in [4.69, 9.17) is 5.11 Å². The molecule has 0 aromatic carbocycles. The van der Waals surface area contributed by atoms with Crippen LogP contribution >= 0.6 is 0 Å². The first kappa shape index (κ1) is 14.7. The fourth-order valence-corrected chi connectivity index (χ4v) is 1.43. The molecular weight excluding hydrogens is 207 g/mol. The molecule has 92 valence electrons. The summed E-state index contributed by atoms with van der Waals surface area (Å²) in [5.41, 5.74) is -0.166. The van der Waals surface area contributed by atoms with Crippen LogP contribution in [0.2, 0.25) is 0 Å². The highest BCUT2D eigenvalue weighted by atomic mass is 19.4. The molecule has 0 saturated heterocycles. The molecule has 0 aromatic heterocycles. The van der Waals surface area contributed by atoms with Gasteiger partial charge in [-0.1, -0.05) is 20.8 Å². The van der Waals surface area contributed by atoms with Gasteiger partial charge in [-0.2, -0.15) is 13.2 Å². The van der Waals surface area contributed by atoms with E-state index in [2.05, 4.69) is 0 Å². The van der Waals surface area contributed by atoms with Crippen LogP contribution in [0.15, 0.2) is 0 Å². The summed E-state index contributed by atoms with van der Waals surface area (Å²) < 4.78 is 36.6. The minimum absolute atomic E-state index is 0.0709. The third-order valence-electron chi connectivity index (χ3n) is 1.73. The molecule has 1 N–H and O–H groups in total. The monoisotopic (exact) mass is 227 g/mol. The van der Waals surface area contributed by atoms with Crippen LogP contribution in [-0.2, 0) is 0 Å². The summed E-state index contributed by atoms with van der Waals surface area (Å²) >= 11 is 0. The number of alkyl halides is 3. The summed E-state index contributed by atoms with van der Waals surface area (Å²) in [6.07, 6.45) is -3.78. The van der Waals surface area contributed by atoms with Crippen LogP contribution < -0.4 is 0 Å². The summed E-state index contributed by atoms with van der Waals surface area (Å²) in [5, 5.41) is 8.60. The van der Waals surface area contributed by atoms with Crippen molar-refractivity contribution in [1.82, 2.24) is 4.90 Å². The summed E-state index contributed by atoms with van der Waals surface area (Å²) in [5.74, 6) is 0. The first-order valence-electron chi connectivity index (χ1n) is 5.04. The van der Waals surface area contributed by atoms with E-state index in [-0.39, 0.29) is 18.6 Å². The number of nitrogens with zero attached hydrogens (tertiary/aromatic N) is 1. The van der Waals surface area contributed by atoms with Crippen molar-refractivity contribution in [2.24, 2.45) is 5.41 Å². The van der Waals surface area contributed by atoms with Crippen molar-refractivity contribution in [2.75, 3.05) is 26.2 Å². The molecule has 0 fully saturated rings. The smallest absolute Gasteiger partial charge is 0.396 e. The van der Waals surface area contributed by atoms with Crippen molar-refractivity contribution >= 4 is 0 Å². The molecule has 0 rings (SSSR count). The van der Waals surface area contributed by atoms with E-state index in [1.54, 1.807) is 0 Å². The van der Waals surface area contributed by atoms with Crippen LogP contribution in [0.4, 0.5) is 13.2 Å². The molecule has 0 amide bonds. The third-order valence-corrected chi connectivity index (χ3v) is 1.73. The molecule has 0 atom stereocenters. The second-order valence-electron chi connectivity index (χ2n) is 4.96. The molecule has 0 aliphatic rings. The van der Waals surface area contributed by atoms with Gasteiger partial charge in [-0.15, -0.1) is 0 Å². The first-order chi connectivity index (χ1) is 6.64. The van der Waals surface area contributed by atoms with Crippen molar-refractivity contribution in [1.29, 1.82) is 0 Å². The van der Waals surface area contributed by atoms with Crippen LogP contribution in [0.25, 0.3) is 0 Å². The van der Waals surface area contributed by atoms with Crippen LogP contribution in [0, 0.1) is 5.41 Å². The zero-order valence-electron chi connectivity index (χ0n) is 9.56. The van der Waals surface area contributed by atoms with E-state index in [1.807, 2.05) is 20.8 Å². The van der Waals surface area contributed by atoms with E-state index >= 15 is 0 Å². The third kappa shape index (κ3) is 10.0. The van der Waals surface area contributed by atoms with Gasteiger partial charge in [-0.25, -0.2) is 0 Å². The SMILES string of the molecule is CC(C)(C)CN(CCCO)CC(F)(F)F. The van der Waals surface area contributed by atoms with Crippen molar-refractivity contribution in [3.8, 4) is 0 Å². The minimum atomic E-state index is -4.17. The highest BCUT2D eigenvalue weighted by Gasteiger charge is 2.31. The highest BCUT2D eigenvalue weighted by Crippen LogP contribution is 2.21. The summed E-state index contributed by atoms with van der Waals surface area (Å²) in [6.45, 7) is 5.39. The van der Waals surface area contributed by atoms with Crippen LogP contribution in [0.5, 0.6) is 0 Å². The Labute approximate surface area is 89.1 Å². The zero-order valence-corrected chi connectivity index (χ0v) is 9.56. The molecule has 0 unspecified atom stereocenters. The summed E-state index contributed by atoms with van der Waals surface area (Å²) in [4.78, 5) is 1.34. The van der Waals surface area contributed by atoms with Crippen molar-refractivity contribution in [2.45, 2.75) is 33.4 Å². The Kier molecular flexibility index (Phi) is 5.59. The lowest BCUT2D eigenvalue weighted by Gasteiger charge is -2.30. The Morgan fingerprint density at radius 2 is 1.60 bits per heavy atom. The van der Waals surface area contributed by atoms with Gasteiger partial charge >= 0.3 is 6.18 Å². The van der Waals surface area contributed by atoms with Crippen molar-refractivity contribution in [3.63, 3.8) is 0 Å². The van der Waals surface area contributed by atoms with Crippen molar-refractivity contribution < 1.29 is 18.3 Å². The second kappa shape index (κ2) is 5.70. The van der Waals surface area contributed by atoms with Gasteiger partial charge in [0.05, 0.1) is 6.54 Å². The Hall–Kier alpha value is -0.290. The van der Waals surface area contributed by atoms with Crippen LogP contribution in [-0.4, -0.2) is 42.4 Å². The first-order valence-corrected chi connectivity index (χ1v) is 5.04. The molecule has 0 saturated carbocycles. The van der Waals surface area contributed by atoms with E-state index in [0.29, 0.717) is 13.0 Å². The molecular formula is C10H20F3NO. The topological polar surface area (TPSA) is 23.5 Å². The van der Waals surface area contributed by atoms with Gasteiger partial charge in [0, 0.05) is 19.7 Å². The highest BCUT2D eigenvalue weighted by molar-refractivity contribution is 4.71. The summed E-state index contributed by atoms with van der Waals surface area (Å²) in [7, 11) is 0.